The third-order valence-electron chi connectivity index (χ3n) is 5.58. The fourth-order valence-electron chi connectivity index (χ4n) is 3.75. The van der Waals surface area contributed by atoms with Crippen LogP contribution in [0.2, 0.25) is 0 Å². The number of alkyl halides is 3. The number of anilines is 1. The number of carbonyl (C=O) groups is 1. The van der Waals surface area contributed by atoms with Crippen LogP contribution >= 0.6 is 0 Å². The van der Waals surface area contributed by atoms with E-state index in [1.165, 1.54) is 36.2 Å². The number of hydrogen-bond donors (Lipinski definition) is 1. The number of rotatable bonds is 4. The number of fused-ring (bicyclic) bond motifs is 1. The predicted molar refractivity (Wildman–Crippen MR) is 133 cm³/mol. The molecular weight excluding hydrogens is 497 g/mol. The van der Waals surface area contributed by atoms with Crippen molar-refractivity contribution >= 4 is 17.2 Å². The van der Waals surface area contributed by atoms with Crippen LogP contribution in [0.5, 0.6) is 5.75 Å². The maximum atomic E-state index is 13.6. The van der Waals surface area contributed by atoms with Crippen LogP contribution in [-0.4, -0.2) is 37.2 Å². The first kappa shape index (κ1) is 24.6. The molecule has 3 aromatic heterocycles. The fourth-order valence-corrected chi connectivity index (χ4v) is 3.75. The average Bonchev–Trinajstić information content (AvgIpc) is 3.52. The highest BCUT2D eigenvalue weighted by atomic mass is 19.4. The second kappa shape index (κ2) is 9.74. The van der Waals surface area contributed by atoms with E-state index in [0.717, 1.165) is 12.1 Å². The Morgan fingerprint density at radius 1 is 1.08 bits per heavy atom. The number of benzene rings is 2. The number of halogens is 3. The van der Waals surface area contributed by atoms with Crippen molar-refractivity contribution in [2.24, 2.45) is 0 Å². The average molecular weight is 516 g/mol. The molecule has 0 aliphatic rings. The summed E-state index contributed by atoms with van der Waals surface area (Å²) in [4.78, 5) is 21.4. The molecule has 5 rings (SSSR count). The van der Waals surface area contributed by atoms with E-state index in [1.807, 2.05) is 0 Å². The van der Waals surface area contributed by atoms with E-state index < -0.39 is 17.6 Å². The Morgan fingerprint density at radius 3 is 2.66 bits per heavy atom. The number of aryl methyl sites for hydroxylation is 1. The molecule has 0 spiro atoms. The lowest BCUT2D eigenvalue weighted by Crippen LogP contribution is -2.14. The summed E-state index contributed by atoms with van der Waals surface area (Å²) in [5, 5.41) is 6.77. The summed E-state index contributed by atoms with van der Waals surface area (Å²) in [6.45, 7) is 1.73. The van der Waals surface area contributed by atoms with Crippen molar-refractivity contribution in [3.05, 3.63) is 102 Å². The van der Waals surface area contributed by atoms with E-state index in [0.29, 0.717) is 28.3 Å². The third-order valence-corrected chi connectivity index (χ3v) is 5.58. The first-order chi connectivity index (χ1) is 18.2. The highest BCUT2D eigenvalue weighted by molar-refractivity contribution is 6.04. The molecule has 0 atom stereocenters. The molecule has 190 valence electrons. The van der Waals surface area contributed by atoms with Gasteiger partial charge in [-0.15, -0.1) is 0 Å². The van der Waals surface area contributed by atoms with Gasteiger partial charge in [-0.3, -0.25) is 4.79 Å². The standard InChI is InChI=1S/C27H19F3N6O2/c1-17-15-35(16-32-17)23-12-20(27(28,29)30)11-21(13-23)34-26(37)19-6-8-24(38-2)18(10-19)5-7-22-14-31-25-4-3-9-33-36(22)25/h3-4,6,8-16H,1-2H3,(H,34,37). The monoisotopic (exact) mass is 516 g/mol. The first-order valence-corrected chi connectivity index (χ1v) is 11.2. The quantitative estimate of drug-likeness (QED) is 0.344. The number of aromatic nitrogens is 5. The molecule has 0 unspecified atom stereocenters. The molecule has 11 heteroatoms. The molecule has 0 saturated carbocycles. The maximum absolute atomic E-state index is 13.6. The fraction of sp³-hybridized carbons (Fsp3) is 0.111. The first-order valence-electron chi connectivity index (χ1n) is 11.2. The molecule has 0 aliphatic heterocycles. The summed E-state index contributed by atoms with van der Waals surface area (Å²) in [5.41, 5.74) is 1.67. The van der Waals surface area contributed by atoms with E-state index >= 15 is 0 Å². The number of methoxy groups -OCH3 is 1. The summed E-state index contributed by atoms with van der Waals surface area (Å²) in [5.74, 6) is 5.75. The van der Waals surface area contributed by atoms with E-state index in [-0.39, 0.29) is 16.9 Å². The number of nitrogens with zero attached hydrogens (tertiary/aromatic N) is 5. The van der Waals surface area contributed by atoms with Gasteiger partial charge in [0.1, 0.15) is 11.4 Å². The van der Waals surface area contributed by atoms with Crippen molar-refractivity contribution in [3.63, 3.8) is 0 Å². The SMILES string of the molecule is COc1ccc(C(=O)Nc2cc(-n3cnc(C)c3)cc(C(F)(F)F)c2)cc1C#Cc1cnc2cccnn12. The van der Waals surface area contributed by atoms with Crippen LogP contribution in [0.15, 0.2) is 73.4 Å². The van der Waals surface area contributed by atoms with Crippen LogP contribution in [-0.2, 0) is 6.18 Å². The van der Waals surface area contributed by atoms with Crippen molar-refractivity contribution < 1.29 is 22.7 Å². The Morgan fingerprint density at radius 2 is 1.92 bits per heavy atom. The lowest BCUT2D eigenvalue weighted by Gasteiger charge is -2.14. The van der Waals surface area contributed by atoms with Crippen LogP contribution in [0, 0.1) is 18.8 Å². The minimum atomic E-state index is -4.61. The van der Waals surface area contributed by atoms with Crippen LogP contribution < -0.4 is 10.1 Å². The molecule has 0 aliphatic carbocycles. The zero-order valence-electron chi connectivity index (χ0n) is 20.1. The molecule has 1 amide bonds. The van der Waals surface area contributed by atoms with Crippen molar-refractivity contribution in [1.82, 2.24) is 24.1 Å². The van der Waals surface area contributed by atoms with E-state index in [9.17, 15) is 18.0 Å². The smallest absolute Gasteiger partial charge is 0.416 e. The Balaban J connectivity index is 1.47. The zero-order chi connectivity index (χ0) is 26.9. The lowest BCUT2D eigenvalue weighted by molar-refractivity contribution is -0.137. The summed E-state index contributed by atoms with van der Waals surface area (Å²) in [6, 6.07) is 11.4. The van der Waals surface area contributed by atoms with E-state index in [4.69, 9.17) is 4.74 Å². The highest BCUT2D eigenvalue weighted by Crippen LogP contribution is 2.33. The number of nitrogens with one attached hydrogen (secondary N) is 1. The van der Waals surface area contributed by atoms with Gasteiger partial charge in [-0.1, -0.05) is 5.92 Å². The van der Waals surface area contributed by atoms with Crippen molar-refractivity contribution in [3.8, 4) is 23.3 Å². The van der Waals surface area contributed by atoms with Gasteiger partial charge in [-0.05, 0) is 61.4 Å². The number of ether oxygens (including phenoxy) is 1. The van der Waals surface area contributed by atoms with Gasteiger partial charge in [0.2, 0.25) is 0 Å². The van der Waals surface area contributed by atoms with Gasteiger partial charge >= 0.3 is 6.18 Å². The van der Waals surface area contributed by atoms with Gasteiger partial charge in [0.25, 0.3) is 5.91 Å². The number of imidazole rings is 2. The topological polar surface area (TPSA) is 86.3 Å². The van der Waals surface area contributed by atoms with Crippen molar-refractivity contribution in [2.45, 2.75) is 13.1 Å². The zero-order valence-corrected chi connectivity index (χ0v) is 20.1. The Hall–Kier alpha value is -5.11. The molecule has 0 saturated heterocycles. The van der Waals surface area contributed by atoms with Gasteiger partial charge < -0.3 is 14.6 Å². The number of carbonyl (C=O) groups excluding carboxylic acids is 1. The molecule has 0 bridgehead atoms. The molecule has 0 radical (unpaired) electrons. The summed E-state index contributed by atoms with van der Waals surface area (Å²) in [6.07, 6.45) is 1.57. The Labute approximate surface area is 214 Å². The number of amides is 1. The molecule has 5 aromatic rings. The largest absolute Gasteiger partial charge is 0.495 e. The van der Waals surface area contributed by atoms with Gasteiger partial charge in [-0.2, -0.15) is 18.3 Å². The van der Waals surface area contributed by atoms with Crippen LogP contribution in [0.4, 0.5) is 18.9 Å². The van der Waals surface area contributed by atoms with Crippen LogP contribution in [0.3, 0.4) is 0 Å². The summed E-state index contributed by atoms with van der Waals surface area (Å²) in [7, 11) is 1.47. The Bertz CT molecular complexity index is 1730. The van der Waals surface area contributed by atoms with Crippen molar-refractivity contribution in [2.75, 3.05) is 12.4 Å². The predicted octanol–water partition coefficient (Wildman–Crippen LogP) is 4.90. The van der Waals surface area contributed by atoms with E-state index in [1.54, 1.807) is 48.2 Å². The highest BCUT2D eigenvalue weighted by Gasteiger charge is 2.31. The second-order valence-electron chi connectivity index (χ2n) is 8.24. The minimum absolute atomic E-state index is 0.0218. The van der Waals surface area contributed by atoms with Gasteiger partial charge in [0.05, 0.1) is 36.5 Å². The summed E-state index contributed by atoms with van der Waals surface area (Å²) >= 11 is 0. The third kappa shape index (κ3) is 5.05. The van der Waals surface area contributed by atoms with Gasteiger partial charge in [0, 0.05) is 29.3 Å². The molecule has 2 aromatic carbocycles. The normalized spacial score (nSPS) is 11.2. The summed E-state index contributed by atoms with van der Waals surface area (Å²) < 4.78 is 49.2. The van der Waals surface area contributed by atoms with Crippen LogP contribution in [0.25, 0.3) is 11.3 Å². The van der Waals surface area contributed by atoms with Crippen LogP contribution in [0.1, 0.15) is 32.9 Å². The molecule has 3 heterocycles. The molecule has 1 N–H and O–H groups in total. The van der Waals surface area contributed by atoms with E-state index in [2.05, 4.69) is 32.2 Å². The molecule has 38 heavy (non-hydrogen) atoms. The van der Waals surface area contributed by atoms with Gasteiger partial charge in [-0.25, -0.2) is 14.5 Å². The minimum Gasteiger partial charge on any atom is -0.495 e. The van der Waals surface area contributed by atoms with Gasteiger partial charge in [0.15, 0.2) is 5.65 Å². The molecular formula is C27H19F3N6O2. The second-order valence-corrected chi connectivity index (χ2v) is 8.24. The number of hydrogen-bond acceptors (Lipinski definition) is 5. The Kier molecular flexibility index (Phi) is 6.30. The molecule has 0 fully saturated rings. The maximum Gasteiger partial charge on any atom is 0.416 e. The lowest BCUT2D eigenvalue weighted by atomic mass is 10.1. The molecule has 8 nitrogen and oxygen atoms in total. The van der Waals surface area contributed by atoms with Crippen molar-refractivity contribution in [1.29, 1.82) is 0 Å².